The second-order valence-electron chi connectivity index (χ2n) is 8.11. The molecule has 4 aromatic rings. The minimum Gasteiger partial charge on any atom is -0.457 e. The van der Waals surface area contributed by atoms with Crippen LogP contribution < -0.4 is 10.6 Å². The Hall–Kier alpha value is -3.81. The molecule has 9 heteroatoms. The van der Waals surface area contributed by atoms with Crippen molar-refractivity contribution in [1.82, 2.24) is 20.2 Å². The van der Waals surface area contributed by atoms with E-state index in [1.54, 1.807) is 55.0 Å². The molecule has 0 bridgehead atoms. The summed E-state index contributed by atoms with van der Waals surface area (Å²) >= 11 is 12.4. The van der Waals surface area contributed by atoms with Gasteiger partial charge in [0.1, 0.15) is 17.2 Å². The summed E-state index contributed by atoms with van der Waals surface area (Å²) < 4.78 is 7.83. The van der Waals surface area contributed by atoms with Gasteiger partial charge < -0.3 is 19.6 Å². The highest BCUT2D eigenvalue weighted by Crippen LogP contribution is 2.32. The first-order valence-corrected chi connectivity index (χ1v) is 12.0. The van der Waals surface area contributed by atoms with Crippen LogP contribution in [0.25, 0.3) is 17.4 Å². The van der Waals surface area contributed by atoms with Gasteiger partial charge in [-0.1, -0.05) is 40.9 Å². The molecular weight excluding hydrogens is 499 g/mol. The summed E-state index contributed by atoms with van der Waals surface area (Å²) in [5.41, 5.74) is 2.14. The maximum atomic E-state index is 13.0. The Labute approximate surface area is 218 Å². The number of halogens is 2. The SMILES string of the molecule is Cc1ccc(C(=O)N/C(=C\c2ccc(-c3cc(Cl)ccc3Cl)o2)C(=O)NCCCn2ccnc2)cc1. The number of carbonyl (C=O) groups excluding carboxylic acids is 2. The second-order valence-corrected chi connectivity index (χ2v) is 8.96. The number of carbonyl (C=O) groups is 2. The lowest BCUT2D eigenvalue weighted by atomic mass is 10.1. The average Bonchev–Trinajstić information content (AvgIpc) is 3.55. The Bertz CT molecular complexity index is 1380. The fourth-order valence-electron chi connectivity index (χ4n) is 3.44. The van der Waals surface area contributed by atoms with Gasteiger partial charge in [-0.25, -0.2) is 4.98 Å². The Morgan fingerprint density at radius 2 is 1.89 bits per heavy atom. The molecule has 2 aromatic carbocycles. The predicted molar refractivity (Wildman–Crippen MR) is 141 cm³/mol. The lowest BCUT2D eigenvalue weighted by Gasteiger charge is -2.11. The molecule has 0 aliphatic carbocycles. The van der Waals surface area contributed by atoms with E-state index in [-0.39, 0.29) is 5.70 Å². The van der Waals surface area contributed by atoms with E-state index in [2.05, 4.69) is 15.6 Å². The summed E-state index contributed by atoms with van der Waals surface area (Å²) in [6, 6.07) is 15.6. The number of hydrogen-bond acceptors (Lipinski definition) is 4. The molecule has 0 saturated carbocycles. The fraction of sp³-hybridized carbons (Fsp3) is 0.148. The summed E-state index contributed by atoms with van der Waals surface area (Å²) in [6.45, 7) is 3.05. The van der Waals surface area contributed by atoms with Gasteiger partial charge in [0.25, 0.3) is 11.8 Å². The molecular formula is C27H24Cl2N4O3. The lowest BCUT2D eigenvalue weighted by molar-refractivity contribution is -0.117. The third kappa shape index (κ3) is 6.65. The van der Waals surface area contributed by atoms with Gasteiger partial charge in [-0.2, -0.15) is 0 Å². The fourth-order valence-corrected chi connectivity index (χ4v) is 3.82. The maximum absolute atomic E-state index is 13.0. The smallest absolute Gasteiger partial charge is 0.267 e. The molecule has 0 radical (unpaired) electrons. The number of nitrogens with one attached hydrogen (secondary N) is 2. The van der Waals surface area contributed by atoms with Crippen molar-refractivity contribution in [3.63, 3.8) is 0 Å². The van der Waals surface area contributed by atoms with Crippen LogP contribution in [0.4, 0.5) is 0 Å². The molecule has 0 atom stereocenters. The first-order valence-electron chi connectivity index (χ1n) is 11.3. The van der Waals surface area contributed by atoms with Crippen LogP contribution in [0.5, 0.6) is 0 Å². The van der Waals surface area contributed by atoms with Gasteiger partial charge in [0, 0.05) is 47.7 Å². The van der Waals surface area contributed by atoms with Crippen LogP contribution in [0.15, 0.2) is 83.4 Å². The minimum atomic E-state index is -0.431. The highest BCUT2D eigenvalue weighted by Gasteiger charge is 2.16. The molecule has 7 nitrogen and oxygen atoms in total. The van der Waals surface area contributed by atoms with Crippen LogP contribution in [0.2, 0.25) is 10.0 Å². The van der Waals surface area contributed by atoms with E-state index in [0.717, 1.165) is 5.56 Å². The summed E-state index contributed by atoms with van der Waals surface area (Å²) in [5, 5.41) is 6.56. The Morgan fingerprint density at radius 3 is 2.64 bits per heavy atom. The van der Waals surface area contributed by atoms with E-state index in [4.69, 9.17) is 27.6 Å². The summed E-state index contributed by atoms with van der Waals surface area (Å²) in [7, 11) is 0. The van der Waals surface area contributed by atoms with E-state index in [1.165, 1.54) is 6.08 Å². The molecule has 0 aliphatic rings. The molecule has 2 heterocycles. The molecule has 2 aromatic heterocycles. The Morgan fingerprint density at radius 1 is 1.08 bits per heavy atom. The van der Waals surface area contributed by atoms with Crippen LogP contribution in [0, 0.1) is 6.92 Å². The van der Waals surface area contributed by atoms with Crippen LogP contribution >= 0.6 is 23.2 Å². The van der Waals surface area contributed by atoms with E-state index in [9.17, 15) is 9.59 Å². The van der Waals surface area contributed by atoms with Crippen LogP contribution in [0.1, 0.15) is 28.1 Å². The first-order chi connectivity index (χ1) is 17.4. The number of aromatic nitrogens is 2. The number of aryl methyl sites for hydroxylation is 2. The molecule has 0 aliphatic heterocycles. The first kappa shape index (κ1) is 25.3. The van der Waals surface area contributed by atoms with E-state index < -0.39 is 11.8 Å². The molecule has 2 N–H and O–H groups in total. The van der Waals surface area contributed by atoms with Gasteiger partial charge in [0.05, 0.1) is 11.3 Å². The van der Waals surface area contributed by atoms with Crippen molar-refractivity contribution >= 4 is 41.1 Å². The minimum absolute atomic E-state index is 0.0568. The monoisotopic (exact) mass is 522 g/mol. The molecule has 0 saturated heterocycles. The zero-order valence-corrected chi connectivity index (χ0v) is 21.0. The highest BCUT2D eigenvalue weighted by molar-refractivity contribution is 6.35. The molecule has 2 amide bonds. The zero-order chi connectivity index (χ0) is 25.5. The van der Waals surface area contributed by atoms with E-state index >= 15 is 0 Å². The third-order valence-corrected chi connectivity index (χ3v) is 5.92. The van der Waals surface area contributed by atoms with Gasteiger partial charge >= 0.3 is 0 Å². The van der Waals surface area contributed by atoms with E-state index in [0.29, 0.717) is 52.2 Å². The van der Waals surface area contributed by atoms with Gasteiger partial charge in [-0.15, -0.1) is 0 Å². The van der Waals surface area contributed by atoms with Gasteiger partial charge in [0.2, 0.25) is 0 Å². The Kier molecular flexibility index (Phi) is 8.25. The number of benzene rings is 2. The number of furan rings is 1. The van der Waals surface area contributed by atoms with Gasteiger partial charge in [0.15, 0.2) is 0 Å². The van der Waals surface area contributed by atoms with Crippen molar-refractivity contribution in [1.29, 1.82) is 0 Å². The number of rotatable bonds is 9. The molecule has 0 fully saturated rings. The Balaban J connectivity index is 1.53. The molecule has 184 valence electrons. The number of amides is 2. The van der Waals surface area contributed by atoms with E-state index in [1.807, 2.05) is 29.8 Å². The maximum Gasteiger partial charge on any atom is 0.267 e. The van der Waals surface area contributed by atoms with Crippen molar-refractivity contribution in [2.24, 2.45) is 0 Å². The van der Waals surface area contributed by atoms with Crippen LogP contribution in [0.3, 0.4) is 0 Å². The number of nitrogens with zero attached hydrogens (tertiary/aromatic N) is 2. The normalized spacial score (nSPS) is 11.4. The number of imidazole rings is 1. The van der Waals surface area contributed by atoms with Crippen LogP contribution in [-0.2, 0) is 11.3 Å². The van der Waals surface area contributed by atoms with Crippen molar-refractivity contribution in [3.8, 4) is 11.3 Å². The van der Waals surface area contributed by atoms with Gasteiger partial charge in [-0.3, -0.25) is 9.59 Å². The standard InChI is InChI=1S/C27H24Cl2N4O3/c1-18-3-5-19(6-4-18)26(34)32-24(27(35)31-11-2-13-33-14-12-30-17-33)16-21-8-10-25(36-21)22-15-20(28)7-9-23(22)29/h3-10,12,14-17H,2,11,13H2,1H3,(H,31,35)(H,32,34)/b24-16-. The topological polar surface area (TPSA) is 89.2 Å². The summed E-state index contributed by atoms with van der Waals surface area (Å²) in [5.74, 6) is 0.0202. The summed E-state index contributed by atoms with van der Waals surface area (Å²) in [6.07, 6.45) is 7.46. The molecule has 4 rings (SSSR count). The van der Waals surface area contributed by atoms with Crippen LogP contribution in [-0.4, -0.2) is 27.9 Å². The average molecular weight is 523 g/mol. The summed E-state index contributed by atoms with van der Waals surface area (Å²) in [4.78, 5) is 29.9. The predicted octanol–water partition coefficient (Wildman–Crippen LogP) is 5.74. The van der Waals surface area contributed by atoms with Crippen molar-refractivity contribution in [2.75, 3.05) is 6.54 Å². The quantitative estimate of drug-likeness (QED) is 0.217. The zero-order valence-electron chi connectivity index (χ0n) is 19.5. The molecule has 0 unspecified atom stereocenters. The molecule has 0 spiro atoms. The third-order valence-electron chi connectivity index (χ3n) is 5.35. The highest BCUT2D eigenvalue weighted by atomic mass is 35.5. The van der Waals surface area contributed by atoms with Crippen molar-refractivity contribution in [3.05, 3.63) is 106 Å². The molecule has 36 heavy (non-hydrogen) atoms. The lowest BCUT2D eigenvalue weighted by Crippen LogP contribution is -2.35. The number of hydrogen-bond donors (Lipinski definition) is 2. The van der Waals surface area contributed by atoms with Crippen molar-refractivity contribution < 1.29 is 14.0 Å². The largest absolute Gasteiger partial charge is 0.457 e. The van der Waals surface area contributed by atoms with Gasteiger partial charge in [-0.05, 0) is 55.8 Å². The second kappa shape index (κ2) is 11.7. The van der Waals surface area contributed by atoms with Crippen molar-refractivity contribution in [2.45, 2.75) is 19.9 Å².